The van der Waals surface area contributed by atoms with Crippen molar-refractivity contribution in [3.05, 3.63) is 108 Å². The van der Waals surface area contributed by atoms with Gasteiger partial charge in [-0.1, -0.05) is 78.9 Å². The number of ether oxygens (including phenoxy) is 1. The fourth-order valence-electron chi connectivity index (χ4n) is 5.96. The zero-order valence-electron chi connectivity index (χ0n) is 31.7. The highest BCUT2D eigenvalue weighted by Gasteiger charge is 2.33. The highest BCUT2D eigenvalue weighted by molar-refractivity contribution is 5.95. The van der Waals surface area contributed by atoms with Crippen LogP contribution in [-0.4, -0.2) is 95.4 Å². The molecule has 0 aliphatic carbocycles. The molecule has 4 aromatic rings. The number of benzene rings is 3. The van der Waals surface area contributed by atoms with Crippen molar-refractivity contribution in [2.24, 2.45) is 0 Å². The van der Waals surface area contributed by atoms with Gasteiger partial charge in [-0.3, -0.25) is 28.5 Å². The van der Waals surface area contributed by atoms with Gasteiger partial charge in [-0.15, -0.1) is 0 Å². The van der Waals surface area contributed by atoms with Crippen LogP contribution in [0.4, 0.5) is 4.79 Å². The molecule has 3 N–H and O–H groups in total. The average molecular weight is 739 g/mol. The van der Waals surface area contributed by atoms with Crippen LogP contribution >= 0.6 is 0 Å². The summed E-state index contributed by atoms with van der Waals surface area (Å²) in [5.74, 6) is -2.00. The summed E-state index contributed by atoms with van der Waals surface area (Å²) in [6.07, 6.45) is 1.32. The lowest BCUT2D eigenvalue weighted by molar-refractivity contribution is -0.137. The Kier molecular flexibility index (Phi) is 14.1. The molecule has 1 aromatic heterocycles. The van der Waals surface area contributed by atoms with E-state index in [2.05, 4.69) is 16.0 Å². The Labute approximate surface area is 316 Å². The Morgan fingerprint density at radius 3 is 1.93 bits per heavy atom. The summed E-state index contributed by atoms with van der Waals surface area (Å²) in [5.41, 5.74) is 2.05. The number of hydrogen-bond acceptors (Lipinski definition) is 7. The van der Waals surface area contributed by atoms with Gasteiger partial charge in [-0.25, -0.2) is 4.79 Å². The quantitative estimate of drug-likeness (QED) is 0.147. The lowest BCUT2D eigenvalue weighted by Gasteiger charge is -2.28. The third-order valence-corrected chi connectivity index (χ3v) is 8.68. The predicted octanol–water partition coefficient (Wildman–Crippen LogP) is 3.85. The Hall–Kier alpha value is -5.98. The lowest BCUT2D eigenvalue weighted by atomic mass is 10.0. The maximum absolute atomic E-state index is 14.4. The number of carbonyl (C=O) groups is 6. The molecule has 0 fully saturated rings. The number of rotatable bonds is 16. The van der Waals surface area contributed by atoms with Gasteiger partial charge in [0, 0.05) is 58.5 Å². The minimum absolute atomic E-state index is 0.0686. The molecule has 0 aliphatic heterocycles. The number of fused-ring (bicyclic) bond motifs is 1. The van der Waals surface area contributed by atoms with Crippen LogP contribution < -0.4 is 16.0 Å². The highest BCUT2D eigenvalue weighted by Crippen LogP contribution is 2.22. The van der Waals surface area contributed by atoms with Crippen molar-refractivity contribution >= 4 is 47.0 Å². The van der Waals surface area contributed by atoms with E-state index in [4.69, 9.17) is 4.74 Å². The molecule has 0 radical (unpaired) electrons. The fourth-order valence-corrected chi connectivity index (χ4v) is 5.96. The van der Waals surface area contributed by atoms with Crippen LogP contribution in [0.15, 0.2) is 91.1 Å². The van der Waals surface area contributed by atoms with Gasteiger partial charge in [0.25, 0.3) is 0 Å². The number of likely N-dealkylation sites (N-methyl/N-ethyl adjacent to an activating group) is 1. The van der Waals surface area contributed by atoms with E-state index in [-0.39, 0.29) is 37.5 Å². The van der Waals surface area contributed by atoms with Crippen molar-refractivity contribution < 1.29 is 33.5 Å². The second-order valence-electron chi connectivity index (χ2n) is 14.4. The monoisotopic (exact) mass is 738 g/mol. The van der Waals surface area contributed by atoms with Crippen molar-refractivity contribution in [2.75, 3.05) is 21.1 Å². The van der Waals surface area contributed by atoms with Crippen LogP contribution in [0.5, 0.6) is 0 Å². The number of alkyl carbamates (subject to hydrolysis) is 1. The summed E-state index contributed by atoms with van der Waals surface area (Å²) in [7, 11) is 4.83. The molecule has 0 bridgehead atoms. The first-order valence-electron chi connectivity index (χ1n) is 17.8. The van der Waals surface area contributed by atoms with Crippen LogP contribution in [0.1, 0.15) is 50.3 Å². The van der Waals surface area contributed by atoms with Crippen LogP contribution in [0.2, 0.25) is 0 Å². The predicted molar refractivity (Wildman–Crippen MR) is 206 cm³/mol. The van der Waals surface area contributed by atoms with Crippen molar-refractivity contribution in [3.8, 4) is 0 Å². The largest absolute Gasteiger partial charge is 0.444 e. The van der Waals surface area contributed by atoms with Gasteiger partial charge in [0.15, 0.2) is 0 Å². The minimum atomic E-state index is -1.28. The number of aromatic nitrogens is 1. The number of amides is 5. The summed E-state index contributed by atoms with van der Waals surface area (Å²) < 4.78 is 6.79. The van der Waals surface area contributed by atoms with Gasteiger partial charge in [0.2, 0.25) is 30.0 Å². The van der Waals surface area contributed by atoms with E-state index in [0.717, 1.165) is 11.1 Å². The average Bonchev–Trinajstić information content (AvgIpc) is 3.49. The van der Waals surface area contributed by atoms with E-state index in [9.17, 15) is 28.8 Å². The molecular weight excluding hydrogens is 688 g/mol. The van der Waals surface area contributed by atoms with Gasteiger partial charge < -0.3 is 30.5 Å². The van der Waals surface area contributed by atoms with E-state index >= 15 is 0 Å². The zero-order valence-corrected chi connectivity index (χ0v) is 31.7. The maximum atomic E-state index is 14.4. The Morgan fingerprint density at radius 2 is 1.31 bits per heavy atom. The van der Waals surface area contributed by atoms with Crippen molar-refractivity contribution in [1.82, 2.24) is 30.3 Å². The normalized spacial score (nSPS) is 12.9. The van der Waals surface area contributed by atoms with Gasteiger partial charge in [-0.05, 0) is 49.9 Å². The van der Waals surface area contributed by atoms with E-state index < -0.39 is 41.6 Å². The maximum Gasteiger partial charge on any atom is 0.408 e. The fraction of sp³-hybridized carbons (Fsp3) is 0.366. The summed E-state index contributed by atoms with van der Waals surface area (Å²) in [6, 6.07) is 22.3. The Morgan fingerprint density at radius 1 is 0.741 bits per heavy atom. The molecule has 13 nitrogen and oxygen atoms in total. The molecular formula is C41H50N6O7. The number of para-hydroxylation sites is 1. The topological polar surface area (TPSA) is 159 Å². The van der Waals surface area contributed by atoms with E-state index in [0.29, 0.717) is 29.4 Å². The molecule has 0 unspecified atom stereocenters. The Balaban J connectivity index is 1.68. The molecule has 5 amide bonds. The third kappa shape index (κ3) is 11.8. The number of nitrogens with one attached hydrogen (secondary N) is 3. The molecule has 3 atom stereocenters. The third-order valence-electron chi connectivity index (χ3n) is 8.68. The molecule has 0 saturated carbocycles. The first-order chi connectivity index (χ1) is 25.6. The summed E-state index contributed by atoms with van der Waals surface area (Å²) in [4.78, 5) is 82.8. The van der Waals surface area contributed by atoms with Gasteiger partial charge in [0.1, 0.15) is 23.7 Å². The molecule has 3 aromatic carbocycles. The van der Waals surface area contributed by atoms with Crippen LogP contribution in [0.3, 0.4) is 0 Å². The second kappa shape index (κ2) is 18.7. The minimum Gasteiger partial charge on any atom is -0.444 e. The zero-order chi connectivity index (χ0) is 39.4. The van der Waals surface area contributed by atoms with Crippen molar-refractivity contribution in [2.45, 2.75) is 76.7 Å². The Bertz CT molecular complexity index is 1920. The molecule has 286 valence electrons. The molecule has 54 heavy (non-hydrogen) atoms. The molecule has 1 heterocycles. The van der Waals surface area contributed by atoms with Crippen LogP contribution in [0.25, 0.3) is 10.9 Å². The van der Waals surface area contributed by atoms with E-state index in [1.54, 1.807) is 72.4 Å². The number of carbonyl (C=O) groups excluding carboxylic acids is 6. The molecule has 0 saturated heterocycles. The first-order valence-corrected chi connectivity index (χ1v) is 17.8. The molecule has 4 rings (SSSR count). The van der Waals surface area contributed by atoms with Crippen molar-refractivity contribution in [1.29, 1.82) is 0 Å². The number of hydrogen-bond donors (Lipinski definition) is 3. The van der Waals surface area contributed by atoms with Crippen molar-refractivity contribution in [3.63, 3.8) is 0 Å². The van der Waals surface area contributed by atoms with Crippen LogP contribution in [0, 0.1) is 0 Å². The van der Waals surface area contributed by atoms with Gasteiger partial charge in [-0.2, -0.15) is 0 Å². The first kappa shape index (κ1) is 40.8. The SMILES string of the molecule is CN(C)C(=O)CC[C@H](NC(=O)OC(C)(C)C)C(=O)N[C@H](Cc1cn(C=O)c2ccccc12)C(=O)N[C@@H](Cc1ccccc1)C(=O)N(C)Cc1ccccc1. The van der Waals surface area contributed by atoms with Crippen LogP contribution in [-0.2, 0) is 48.1 Å². The highest BCUT2D eigenvalue weighted by atomic mass is 16.6. The smallest absolute Gasteiger partial charge is 0.408 e. The summed E-state index contributed by atoms with van der Waals surface area (Å²) >= 11 is 0. The molecule has 13 heteroatoms. The van der Waals surface area contributed by atoms with E-state index in [1.807, 2.05) is 60.7 Å². The standard InChI is InChI=1S/C41H50N6O7/c1-41(2,3)54-40(53)44-32(21-22-36(49)45(4)5)37(50)42-33(24-30-26-47(27-48)35-20-14-13-19-31(30)35)38(51)43-34(23-28-15-9-7-10-16-28)39(52)46(6)25-29-17-11-8-12-18-29/h7-20,26-27,32-34H,21-25H2,1-6H3,(H,42,50)(H,43,51)(H,44,53)/t32-,33+,34-/m0/s1. The number of nitrogens with zero attached hydrogens (tertiary/aromatic N) is 3. The molecule has 0 spiro atoms. The second-order valence-corrected chi connectivity index (χ2v) is 14.4. The molecule has 0 aliphatic rings. The summed E-state index contributed by atoms with van der Waals surface area (Å²) in [5, 5.41) is 8.95. The van der Waals surface area contributed by atoms with Gasteiger partial charge in [0.05, 0.1) is 5.52 Å². The lowest BCUT2D eigenvalue weighted by Crippen LogP contribution is -2.58. The summed E-state index contributed by atoms with van der Waals surface area (Å²) in [6.45, 7) is 5.34. The van der Waals surface area contributed by atoms with Gasteiger partial charge >= 0.3 is 6.09 Å². The van der Waals surface area contributed by atoms with E-state index in [1.165, 1.54) is 14.4 Å².